The number of esters is 1. The quantitative estimate of drug-likeness (QED) is 0.428. The molecule has 180 valence electrons. The third kappa shape index (κ3) is 6.17. The fraction of sp³-hybridized carbons (Fsp3) is 0.321. The molecule has 0 N–H and O–H groups in total. The van der Waals surface area contributed by atoms with E-state index in [1.807, 2.05) is 33.0 Å². The van der Waals surface area contributed by atoms with E-state index in [9.17, 15) is 4.79 Å². The summed E-state index contributed by atoms with van der Waals surface area (Å²) in [5.74, 6) is 1.78. The van der Waals surface area contributed by atoms with Gasteiger partial charge in [0.1, 0.15) is 22.9 Å². The Morgan fingerprint density at radius 2 is 1.83 bits per heavy atom. The molecule has 7 heteroatoms. The van der Waals surface area contributed by atoms with E-state index in [0.29, 0.717) is 22.7 Å². The number of nitriles is 1. The van der Waals surface area contributed by atoms with Crippen molar-refractivity contribution in [3.8, 4) is 17.6 Å². The maximum Gasteiger partial charge on any atom is 0.342 e. The second-order valence-corrected chi connectivity index (χ2v) is 9.00. The third-order valence-electron chi connectivity index (χ3n) is 6.03. The fourth-order valence-electron chi connectivity index (χ4n) is 4.21. The van der Waals surface area contributed by atoms with Crippen LogP contribution in [0.2, 0.25) is 0 Å². The van der Waals surface area contributed by atoms with Gasteiger partial charge in [-0.2, -0.15) is 5.26 Å². The molecule has 4 rings (SSSR count). The summed E-state index contributed by atoms with van der Waals surface area (Å²) in [5.41, 5.74) is 2.32. The van der Waals surface area contributed by atoms with Crippen molar-refractivity contribution >= 4 is 11.8 Å². The predicted octanol–water partition coefficient (Wildman–Crippen LogP) is 5.02. The van der Waals surface area contributed by atoms with Gasteiger partial charge in [0.05, 0.1) is 17.7 Å². The Morgan fingerprint density at radius 1 is 1.14 bits per heavy atom. The molecule has 0 saturated carbocycles. The van der Waals surface area contributed by atoms with E-state index < -0.39 is 0 Å². The molecule has 3 aromatic rings. The molecule has 0 bridgehead atoms. The smallest absolute Gasteiger partial charge is 0.342 e. The minimum atomic E-state index is -0.340. The van der Waals surface area contributed by atoms with Gasteiger partial charge in [0.25, 0.3) is 0 Å². The van der Waals surface area contributed by atoms with Gasteiger partial charge in [-0.15, -0.1) is 0 Å². The molecule has 1 aliphatic heterocycles. The lowest BCUT2D eigenvalue weighted by atomic mass is 10.2. The Hall–Kier alpha value is -3.89. The van der Waals surface area contributed by atoms with Crippen LogP contribution in [0, 0.1) is 11.3 Å². The normalized spacial score (nSPS) is 15.6. The molecule has 1 aromatic heterocycles. The van der Waals surface area contributed by atoms with Crippen LogP contribution in [0.1, 0.15) is 41.8 Å². The first-order valence-corrected chi connectivity index (χ1v) is 11.8. The van der Waals surface area contributed by atoms with Crippen LogP contribution < -0.4 is 9.64 Å². The average Bonchev–Trinajstić information content (AvgIpc) is 3.33. The predicted molar refractivity (Wildman–Crippen MR) is 135 cm³/mol. The topological polar surface area (TPSA) is 78.7 Å². The summed E-state index contributed by atoms with van der Waals surface area (Å²) in [7, 11) is 2.00. The number of carbonyl (C=O) groups is 1. The number of rotatable bonds is 8. The minimum absolute atomic E-state index is 0.177. The standard InChI is InChI=1S/C28H30N4O3/c1-20(2)34-28(33)26-5-4-15-30-27(26)31(3)23-14-16-32(19-23)18-22-8-12-25(13-9-22)35-24-10-6-21(17-29)7-11-24/h4-13,15,20,23H,14,16,18-19H2,1-3H3. The van der Waals surface area contributed by atoms with E-state index in [1.54, 1.807) is 42.6 Å². The Balaban J connectivity index is 1.34. The van der Waals surface area contributed by atoms with Crippen molar-refractivity contribution in [2.24, 2.45) is 0 Å². The molecule has 1 unspecified atom stereocenters. The van der Waals surface area contributed by atoms with Gasteiger partial charge in [0, 0.05) is 38.9 Å². The highest BCUT2D eigenvalue weighted by molar-refractivity contribution is 5.94. The van der Waals surface area contributed by atoms with Crippen LogP contribution in [-0.4, -0.2) is 48.1 Å². The SMILES string of the molecule is CC(C)OC(=O)c1cccnc1N(C)C1CCN(Cc2ccc(Oc3ccc(C#N)cc3)cc2)C1. The maximum atomic E-state index is 12.6. The van der Waals surface area contributed by atoms with Crippen LogP contribution in [0.5, 0.6) is 11.5 Å². The number of pyridine rings is 1. The summed E-state index contributed by atoms with van der Waals surface area (Å²) in [6.07, 6.45) is 2.53. The second kappa shape index (κ2) is 11.0. The van der Waals surface area contributed by atoms with Crippen molar-refractivity contribution in [2.45, 2.75) is 39.0 Å². The number of ether oxygens (including phenoxy) is 2. The summed E-state index contributed by atoms with van der Waals surface area (Å²) >= 11 is 0. The van der Waals surface area contributed by atoms with Crippen molar-refractivity contribution in [3.63, 3.8) is 0 Å². The largest absolute Gasteiger partial charge is 0.459 e. The number of benzene rings is 2. The number of carbonyl (C=O) groups excluding carboxylic acids is 1. The zero-order valence-corrected chi connectivity index (χ0v) is 20.3. The van der Waals surface area contributed by atoms with Crippen molar-refractivity contribution in [2.75, 3.05) is 25.0 Å². The van der Waals surface area contributed by atoms with Gasteiger partial charge in [-0.1, -0.05) is 12.1 Å². The van der Waals surface area contributed by atoms with Gasteiger partial charge in [-0.05, 0) is 74.4 Å². The molecule has 1 saturated heterocycles. The highest BCUT2D eigenvalue weighted by atomic mass is 16.5. The number of nitrogens with zero attached hydrogens (tertiary/aromatic N) is 4. The molecule has 0 amide bonds. The van der Waals surface area contributed by atoms with Gasteiger partial charge in [-0.3, -0.25) is 4.90 Å². The molecule has 0 aliphatic carbocycles. The number of aromatic nitrogens is 1. The molecular weight excluding hydrogens is 440 g/mol. The number of hydrogen-bond donors (Lipinski definition) is 0. The van der Waals surface area contributed by atoms with Gasteiger partial charge in [0.2, 0.25) is 0 Å². The zero-order valence-electron chi connectivity index (χ0n) is 20.3. The molecule has 1 atom stereocenters. The van der Waals surface area contributed by atoms with E-state index in [4.69, 9.17) is 14.7 Å². The lowest BCUT2D eigenvalue weighted by molar-refractivity contribution is 0.0378. The minimum Gasteiger partial charge on any atom is -0.459 e. The van der Waals surface area contributed by atoms with Crippen LogP contribution in [0.4, 0.5) is 5.82 Å². The van der Waals surface area contributed by atoms with Crippen molar-refractivity contribution < 1.29 is 14.3 Å². The summed E-state index contributed by atoms with van der Waals surface area (Å²) in [6, 6.07) is 21.1. The van der Waals surface area contributed by atoms with Crippen LogP contribution >= 0.6 is 0 Å². The van der Waals surface area contributed by atoms with Gasteiger partial charge in [0.15, 0.2) is 0 Å². The highest BCUT2D eigenvalue weighted by Crippen LogP contribution is 2.26. The van der Waals surface area contributed by atoms with Crippen molar-refractivity contribution in [3.05, 3.63) is 83.6 Å². The lowest BCUT2D eigenvalue weighted by Crippen LogP contribution is -2.36. The van der Waals surface area contributed by atoms with E-state index in [2.05, 4.69) is 33.0 Å². The third-order valence-corrected chi connectivity index (χ3v) is 6.03. The number of likely N-dealkylation sites (N-methyl/N-ethyl adjacent to an activating group) is 1. The monoisotopic (exact) mass is 470 g/mol. The number of anilines is 1. The molecule has 1 fully saturated rings. The number of likely N-dealkylation sites (tertiary alicyclic amines) is 1. The summed E-state index contributed by atoms with van der Waals surface area (Å²) in [6.45, 7) is 6.38. The van der Waals surface area contributed by atoms with Crippen LogP contribution in [0.25, 0.3) is 0 Å². The van der Waals surface area contributed by atoms with E-state index in [-0.39, 0.29) is 18.1 Å². The van der Waals surface area contributed by atoms with Crippen molar-refractivity contribution in [1.29, 1.82) is 5.26 Å². The second-order valence-electron chi connectivity index (χ2n) is 9.00. The molecular formula is C28H30N4O3. The van der Waals surface area contributed by atoms with Gasteiger partial charge < -0.3 is 14.4 Å². The first-order chi connectivity index (χ1) is 16.9. The molecule has 0 spiro atoms. The Labute approximate surface area is 206 Å². The molecule has 35 heavy (non-hydrogen) atoms. The molecule has 1 aliphatic rings. The molecule has 0 radical (unpaired) electrons. The fourth-order valence-corrected chi connectivity index (χ4v) is 4.21. The van der Waals surface area contributed by atoms with Gasteiger partial charge >= 0.3 is 5.97 Å². The molecule has 2 aromatic carbocycles. The zero-order chi connectivity index (χ0) is 24.8. The van der Waals surface area contributed by atoms with Gasteiger partial charge in [-0.25, -0.2) is 9.78 Å². The average molecular weight is 471 g/mol. The Bertz CT molecular complexity index is 1190. The summed E-state index contributed by atoms with van der Waals surface area (Å²) in [4.78, 5) is 21.6. The van der Waals surface area contributed by atoms with Crippen molar-refractivity contribution in [1.82, 2.24) is 9.88 Å². The highest BCUT2D eigenvalue weighted by Gasteiger charge is 2.29. The van der Waals surface area contributed by atoms with Crippen LogP contribution in [0.15, 0.2) is 66.9 Å². The maximum absolute atomic E-state index is 12.6. The summed E-state index contributed by atoms with van der Waals surface area (Å²) in [5, 5.41) is 8.91. The first kappa shape index (κ1) is 24.2. The molecule has 7 nitrogen and oxygen atoms in total. The van der Waals surface area contributed by atoms with Crippen LogP contribution in [-0.2, 0) is 11.3 Å². The van der Waals surface area contributed by atoms with E-state index in [1.165, 1.54) is 5.56 Å². The van der Waals surface area contributed by atoms with Crippen LogP contribution in [0.3, 0.4) is 0 Å². The Kier molecular flexibility index (Phi) is 7.64. The lowest BCUT2D eigenvalue weighted by Gasteiger charge is -2.27. The Morgan fingerprint density at radius 3 is 2.49 bits per heavy atom. The molecule has 2 heterocycles. The van der Waals surface area contributed by atoms with E-state index >= 15 is 0 Å². The number of hydrogen-bond acceptors (Lipinski definition) is 7. The van der Waals surface area contributed by atoms with E-state index in [0.717, 1.165) is 31.8 Å². The summed E-state index contributed by atoms with van der Waals surface area (Å²) < 4.78 is 11.3. The first-order valence-electron chi connectivity index (χ1n) is 11.8.